The van der Waals surface area contributed by atoms with Gasteiger partial charge in [0.25, 0.3) is 17.2 Å². The van der Waals surface area contributed by atoms with Gasteiger partial charge in [-0.3, -0.25) is 19.7 Å². The number of anilines is 1. The van der Waals surface area contributed by atoms with E-state index >= 15 is 0 Å². The maximum Gasteiger partial charge on any atom is 0.273 e. The average Bonchev–Trinajstić information content (AvgIpc) is 2.61. The topological polar surface area (TPSA) is 135 Å². The number of amides is 1. The van der Waals surface area contributed by atoms with Crippen LogP contribution in [0.5, 0.6) is 11.5 Å². The highest BCUT2D eigenvalue weighted by Crippen LogP contribution is 2.30. The Hall–Kier alpha value is -3.88. The van der Waals surface area contributed by atoms with Gasteiger partial charge in [0.2, 0.25) is 0 Å². The Morgan fingerprint density at radius 1 is 1.19 bits per heavy atom. The van der Waals surface area contributed by atoms with Crippen molar-refractivity contribution in [3.05, 3.63) is 68.5 Å². The molecule has 0 fully saturated rings. The summed E-state index contributed by atoms with van der Waals surface area (Å²) in [6, 6.07) is 9.62. The molecule has 9 nitrogen and oxygen atoms in total. The number of hydrogen-bond acceptors (Lipinski definition) is 6. The zero-order chi connectivity index (χ0) is 19.0. The van der Waals surface area contributed by atoms with Crippen molar-refractivity contribution in [3.63, 3.8) is 0 Å². The summed E-state index contributed by atoms with van der Waals surface area (Å²) in [5.74, 6) is -1.97. The molecule has 0 unspecified atom stereocenters. The Morgan fingerprint density at radius 3 is 2.54 bits per heavy atom. The summed E-state index contributed by atoms with van der Waals surface area (Å²) in [5.41, 5.74) is -1.26. The summed E-state index contributed by atoms with van der Waals surface area (Å²) in [6.45, 7) is 0. The van der Waals surface area contributed by atoms with Crippen molar-refractivity contribution in [1.82, 2.24) is 4.57 Å². The normalized spacial score (nSPS) is 10.7. The Labute approximate surface area is 145 Å². The van der Waals surface area contributed by atoms with E-state index in [2.05, 4.69) is 5.32 Å². The molecule has 1 aromatic heterocycles. The van der Waals surface area contributed by atoms with Gasteiger partial charge < -0.3 is 20.1 Å². The number of aromatic nitrogens is 1. The monoisotopic (exact) mass is 355 g/mol. The van der Waals surface area contributed by atoms with Gasteiger partial charge in [-0.1, -0.05) is 12.1 Å². The summed E-state index contributed by atoms with van der Waals surface area (Å²) in [5, 5.41) is 33.5. The number of nitro benzene ring substituents is 1. The Morgan fingerprint density at radius 2 is 1.88 bits per heavy atom. The second-order valence-electron chi connectivity index (χ2n) is 5.52. The molecular weight excluding hydrogens is 342 g/mol. The number of nitro groups is 1. The van der Waals surface area contributed by atoms with Gasteiger partial charge in [0.15, 0.2) is 0 Å². The summed E-state index contributed by atoms with van der Waals surface area (Å²) in [7, 11) is 1.46. The van der Waals surface area contributed by atoms with Gasteiger partial charge in [-0.2, -0.15) is 0 Å². The Bertz CT molecular complexity index is 1120. The fourth-order valence-corrected chi connectivity index (χ4v) is 2.61. The Kier molecular flexibility index (Phi) is 4.05. The number of hydrogen-bond donors (Lipinski definition) is 3. The number of carbonyl (C=O) groups is 1. The number of aromatic hydroxyl groups is 2. The van der Waals surface area contributed by atoms with Crippen LogP contribution < -0.4 is 10.9 Å². The molecule has 0 aliphatic carbocycles. The number of non-ortho nitro benzene ring substituents is 1. The molecule has 0 saturated heterocycles. The van der Waals surface area contributed by atoms with Gasteiger partial charge in [-0.15, -0.1) is 0 Å². The van der Waals surface area contributed by atoms with Crippen molar-refractivity contribution in [2.45, 2.75) is 0 Å². The lowest BCUT2D eigenvalue weighted by molar-refractivity contribution is -0.384. The molecule has 0 radical (unpaired) electrons. The highest BCUT2D eigenvalue weighted by Gasteiger charge is 2.22. The minimum atomic E-state index is -0.946. The second-order valence-corrected chi connectivity index (χ2v) is 5.52. The molecular formula is C17H13N3O6. The third-order valence-electron chi connectivity index (χ3n) is 3.94. The molecule has 3 rings (SSSR count). The zero-order valence-electron chi connectivity index (χ0n) is 13.5. The predicted molar refractivity (Wildman–Crippen MR) is 93.6 cm³/mol. The van der Waals surface area contributed by atoms with E-state index in [1.807, 2.05) is 0 Å². The van der Waals surface area contributed by atoms with E-state index in [4.69, 9.17) is 0 Å². The molecule has 0 aliphatic rings. The molecule has 2 aromatic carbocycles. The van der Waals surface area contributed by atoms with E-state index in [-0.39, 0.29) is 11.4 Å². The molecule has 3 aromatic rings. The summed E-state index contributed by atoms with van der Waals surface area (Å²) >= 11 is 0. The van der Waals surface area contributed by atoms with Gasteiger partial charge >= 0.3 is 0 Å². The number of nitrogens with zero attached hydrogens (tertiary/aromatic N) is 2. The summed E-state index contributed by atoms with van der Waals surface area (Å²) < 4.78 is 1.22. The van der Waals surface area contributed by atoms with Crippen LogP contribution >= 0.6 is 0 Å². The van der Waals surface area contributed by atoms with Crippen molar-refractivity contribution in [2.75, 3.05) is 5.32 Å². The second kappa shape index (κ2) is 6.20. The lowest BCUT2D eigenvalue weighted by Gasteiger charge is -2.12. The molecule has 0 spiro atoms. The first-order valence-corrected chi connectivity index (χ1v) is 7.40. The van der Waals surface area contributed by atoms with Crippen LogP contribution in [0.25, 0.3) is 10.9 Å². The SMILES string of the molecule is Cn1c(=O)c(C(=O)Nc2ccc([N+](=O)[O-])cc2O)c(O)c2ccccc21. The van der Waals surface area contributed by atoms with E-state index < -0.39 is 33.5 Å². The van der Waals surface area contributed by atoms with Crippen molar-refractivity contribution in [3.8, 4) is 11.5 Å². The maximum absolute atomic E-state index is 12.5. The first kappa shape index (κ1) is 17.0. The summed E-state index contributed by atoms with van der Waals surface area (Å²) in [6.07, 6.45) is 0. The highest BCUT2D eigenvalue weighted by atomic mass is 16.6. The lowest BCUT2D eigenvalue weighted by Crippen LogP contribution is -2.28. The number of fused-ring (bicyclic) bond motifs is 1. The van der Waals surface area contributed by atoms with Gasteiger partial charge in [-0.25, -0.2) is 0 Å². The number of benzene rings is 2. The third-order valence-corrected chi connectivity index (χ3v) is 3.94. The molecule has 26 heavy (non-hydrogen) atoms. The fraction of sp³-hybridized carbons (Fsp3) is 0.0588. The first-order valence-electron chi connectivity index (χ1n) is 7.40. The molecule has 0 bridgehead atoms. The molecule has 0 atom stereocenters. The molecule has 0 aliphatic heterocycles. The molecule has 0 saturated carbocycles. The lowest BCUT2D eigenvalue weighted by atomic mass is 10.1. The molecule has 9 heteroatoms. The van der Waals surface area contributed by atoms with E-state index in [0.29, 0.717) is 10.9 Å². The van der Waals surface area contributed by atoms with E-state index in [9.17, 15) is 29.9 Å². The van der Waals surface area contributed by atoms with Crippen LogP contribution in [-0.2, 0) is 7.05 Å². The van der Waals surface area contributed by atoms with Gasteiger partial charge in [0, 0.05) is 18.5 Å². The minimum absolute atomic E-state index is 0.129. The van der Waals surface area contributed by atoms with Gasteiger partial charge in [0.05, 0.1) is 22.2 Å². The predicted octanol–water partition coefficient (Wildman–Crippen LogP) is 2.11. The van der Waals surface area contributed by atoms with Crippen LogP contribution in [0.4, 0.5) is 11.4 Å². The first-order chi connectivity index (χ1) is 12.3. The van der Waals surface area contributed by atoms with Crippen LogP contribution in [0.3, 0.4) is 0 Å². The van der Waals surface area contributed by atoms with Crippen LogP contribution in [0.2, 0.25) is 0 Å². The van der Waals surface area contributed by atoms with Crippen molar-refractivity contribution < 1.29 is 19.9 Å². The van der Waals surface area contributed by atoms with Crippen molar-refractivity contribution in [1.29, 1.82) is 0 Å². The van der Waals surface area contributed by atoms with Crippen LogP contribution in [0, 0.1) is 10.1 Å². The van der Waals surface area contributed by atoms with E-state index in [1.165, 1.54) is 11.6 Å². The molecule has 3 N–H and O–H groups in total. The van der Waals surface area contributed by atoms with Crippen molar-refractivity contribution >= 4 is 28.2 Å². The largest absolute Gasteiger partial charge is 0.506 e. The third kappa shape index (κ3) is 2.71. The molecule has 1 amide bonds. The van der Waals surface area contributed by atoms with Gasteiger partial charge in [0.1, 0.15) is 17.1 Å². The molecule has 1 heterocycles. The average molecular weight is 355 g/mol. The number of pyridine rings is 1. The fourth-order valence-electron chi connectivity index (χ4n) is 2.61. The number of nitrogens with one attached hydrogen (secondary N) is 1. The van der Waals surface area contributed by atoms with Crippen LogP contribution in [0.15, 0.2) is 47.3 Å². The van der Waals surface area contributed by atoms with E-state index in [1.54, 1.807) is 24.3 Å². The maximum atomic E-state index is 12.5. The number of rotatable bonds is 3. The van der Waals surface area contributed by atoms with E-state index in [0.717, 1.165) is 18.2 Å². The number of aryl methyl sites for hydroxylation is 1. The zero-order valence-corrected chi connectivity index (χ0v) is 13.5. The number of carbonyl (C=O) groups excluding carboxylic acids is 1. The van der Waals surface area contributed by atoms with Gasteiger partial charge in [-0.05, 0) is 18.2 Å². The van der Waals surface area contributed by atoms with Crippen LogP contribution in [-0.4, -0.2) is 25.6 Å². The number of para-hydroxylation sites is 1. The number of phenols is 1. The standard InChI is InChI=1S/C17H13N3O6/c1-19-12-5-3-2-4-10(12)15(22)14(17(19)24)16(23)18-11-7-6-9(20(25)26)8-13(11)21/h2-8,21-22H,1H3,(H,18,23). The minimum Gasteiger partial charge on any atom is -0.506 e. The molecule has 132 valence electrons. The van der Waals surface area contributed by atoms with Crippen molar-refractivity contribution in [2.24, 2.45) is 7.05 Å². The highest BCUT2D eigenvalue weighted by molar-refractivity contribution is 6.09. The number of phenolic OH excluding ortho intramolecular Hbond substituents is 1. The quantitative estimate of drug-likeness (QED) is 0.374. The van der Waals surface area contributed by atoms with Crippen LogP contribution in [0.1, 0.15) is 10.4 Å². The summed E-state index contributed by atoms with van der Waals surface area (Å²) in [4.78, 5) is 34.9. The smallest absolute Gasteiger partial charge is 0.273 e. The Balaban J connectivity index is 2.06.